The number of rotatable bonds is 4. The van der Waals surface area contributed by atoms with E-state index in [1.807, 2.05) is 30.3 Å². The zero-order chi connectivity index (χ0) is 14.5. The maximum atomic E-state index is 11.9. The van der Waals surface area contributed by atoms with Gasteiger partial charge >= 0.3 is 13.1 Å². The van der Waals surface area contributed by atoms with E-state index in [0.717, 1.165) is 5.56 Å². The zero-order valence-corrected chi connectivity index (χ0v) is 10.7. The number of nitrogen functional groups attached to an aromatic ring is 1. The zero-order valence-electron chi connectivity index (χ0n) is 10.7. The van der Waals surface area contributed by atoms with Crippen LogP contribution in [0.25, 0.3) is 0 Å². The van der Waals surface area contributed by atoms with Crippen LogP contribution in [0.3, 0.4) is 0 Å². The van der Waals surface area contributed by atoms with Gasteiger partial charge in [-0.1, -0.05) is 30.3 Å². The summed E-state index contributed by atoms with van der Waals surface area (Å²) < 4.78 is 5.15. The van der Waals surface area contributed by atoms with E-state index in [0.29, 0.717) is 0 Å². The summed E-state index contributed by atoms with van der Waals surface area (Å²) in [4.78, 5) is 11.9. The number of carbonyl (C=O) groups excluding carboxylic acids is 1. The van der Waals surface area contributed by atoms with Crippen molar-refractivity contribution in [1.82, 2.24) is 0 Å². The molecule has 0 saturated heterocycles. The number of benzene rings is 2. The Morgan fingerprint density at radius 3 is 2.50 bits per heavy atom. The van der Waals surface area contributed by atoms with Crippen LogP contribution in [0.5, 0.6) is 0 Å². The molecule has 0 unspecified atom stereocenters. The van der Waals surface area contributed by atoms with Crippen molar-refractivity contribution in [3.05, 3.63) is 59.7 Å². The van der Waals surface area contributed by atoms with Gasteiger partial charge in [0, 0.05) is 5.69 Å². The number of hydrogen-bond donors (Lipinski definition) is 3. The molecule has 2 rings (SSSR count). The summed E-state index contributed by atoms with van der Waals surface area (Å²) in [7, 11) is -1.68. The summed E-state index contributed by atoms with van der Waals surface area (Å²) in [5, 5.41) is 18.2. The molecule has 0 amide bonds. The Hall–Kier alpha value is -2.31. The van der Waals surface area contributed by atoms with Crippen LogP contribution in [0.4, 0.5) is 5.69 Å². The summed E-state index contributed by atoms with van der Waals surface area (Å²) in [6.45, 7) is 0.144. The second-order valence-electron chi connectivity index (χ2n) is 4.32. The number of carbonyl (C=O) groups is 1. The Bertz CT molecular complexity index is 601. The maximum Gasteiger partial charge on any atom is 0.488 e. The van der Waals surface area contributed by atoms with Gasteiger partial charge in [-0.25, -0.2) is 4.79 Å². The molecule has 6 heteroatoms. The lowest BCUT2D eigenvalue weighted by molar-refractivity contribution is 0.0473. The van der Waals surface area contributed by atoms with Crippen LogP contribution >= 0.6 is 0 Å². The first-order valence-electron chi connectivity index (χ1n) is 6.04. The van der Waals surface area contributed by atoms with Crippen molar-refractivity contribution in [2.75, 3.05) is 5.73 Å². The highest BCUT2D eigenvalue weighted by Crippen LogP contribution is 2.09. The summed E-state index contributed by atoms with van der Waals surface area (Å²) in [6.07, 6.45) is 0. The molecule has 0 bridgehead atoms. The van der Waals surface area contributed by atoms with E-state index in [2.05, 4.69) is 0 Å². The van der Waals surface area contributed by atoms with Crippen LogP contribution in [-0.4, -0.2) is 23.1 Å². The van der Waals surface area contributed by atoms with Crippen LogP contribution in [0.15, 0.2) is 48.5 Å². The molecule has 4 N–H and O–H groups in total. The minimum Gasteiger partial charge on any atom is -0.457 e. The van der Waals surface area contributed by atoms with E-state index in [9.17, 15) is 4.79 Å². The summed E-state index contributed by atoms with van der Waals surface area (Å²) in [6, 6.07) is 13.4. The lowest BCUT2D eigenvalue weighted by Crippen LogP contribution is -2.31. The fraction of sp³-hybridized carbons (Fsp3) is 0.0714. The Morgan fingerprint density at radius 1 is 1.15 bits per heavy atom. The molecule has 0 fully saturated rings. The van der Waals surface area contributed by atoms with Gasteiger partial charge in [0.25, 0.3) is 0 Å². The van der Waals surface area contributed by atoms with Crippen molar-refractivity contribution in [3.63, 3.8) is 0 Å². The van der Waals surface area contributed by atoms with Crippen molar-refractivity contribution in [1.29, 1.82) is 0 Å². The SMILES string of the molecule is Nc1cc(B(O)O)cc(C(=O)OCc2ccccc2)c1. The monoisotopic (exact) mass is 271 g/mol. The molecule has 0 aromatic heterocycles. The topological polar surface area (TPSA) is 92.8 Å². The second-order valence-corrected chi connectivity index (χ2v) is 4.32. The molecular weight excluding hydrogens is 257 g/mol. The average Bonchev–Trinajstić information content (AvgIpc) is 2.45. The molecule has 5 nitrogen and oxygen atoms in total. The van der Waals surface area contributed by atoms with E-state index in [1.54, 1.807) is 0 Å². The first kappa shape index (κ1) is 14.1. The van der Waals surface area contributed by atoms with Gasteiger partial charge in [0.1, 0.15) is 6.61 Å². The highest BCUT2D eigenvalue weighted by molar-refractivity contribution is 6.58. The Labute approximate surface area is 116 Å². The number of nitrogens with two attached hydrogens (primary N) is 1. The van der Waals surface area contributed by atoms with Crippen molar-refractivity contribution in [3.8, 4) is 0 Å². The molecule has 102 valence electrons. The summed E-state index contributed by atoms with van der Waals surface area (Å²) >= 11 is 0. The predicted molar refractivity (Wildman–Crippen MR) is 76.2 cm³/mol. The van der Waals surface area contributed by atoms with Crippen LogP contribution in [-0.2, 0) is 11.3 Å². The van der Waals surface area contributed by atoms with Gasteiger partial charge in [0.15, 0.2) is 0 Å². The minimum absolute atomic E-state index is 0.144. The fourth-order valence-corrected chi connectivity index (χ4v) is 1.75. The molecule has 0 saturated carbocycles. The van der Waals surface area contributed by atoms with Gasteiger partial charge in [-0.05, 0) is 29.2 Å². The van der Waals surface area contributed by atoms with Crippen LogP contribution < -0.4 is 11.2 Å². The third-order valence-corrected chi connectivity index (χ3v) is 2.72. The Kier molecular flexibility index (Phi) is 4.39. The smallest absolute Gasteiger partial charge is 0.457 e. The van der Waals surface area contributed by atoms with Crippen molar-refractivity contribution in [2.45, 2.75) is 6.61 Å². The molecule has 0 atom stereocenters. The van der Waals surface area contributed by atoms with Gasteiger partial charge in [0.05, 0.1) is 5.56 Å². The second kappa shape index (κ2) is 6.23. The van der Waals surface area contributed by atoms with E-state index < -0.39 is 13.1 Å². The molecule has 2 aromatic carbocycles. The third-order valence-electron chi connectivity index (χ3n) is 2.72. The van der Waals surface area contributed by atoms with Gasteiger partial charge in [-0.2, -0.15) is 0 Å². The van der Waals surface area contributed by atoms with E-state index in [-0.39, 0.29) is 23.3 Å². The molecule has 2 aromatic rings. The normalized spacial score (nSPS) is 10.1. The van der Waals surface area contributed by atoms with Gasteiger partial charge in [0.2, 0.25) is 0 Å². The van der Waals surface area contributed by atoms with E-state index in [4.69, 9.17) is 20.5 Å². The average molecular weight is 271 g/mol. The molecule has 20 heavy (non-hydrogen) atoms. The van der Waals surface area contributed by atoms with Gasteiger partial charge < -0.3 is 20.5 Å². The molecule has 0 heterocycles. The molecule has 0 aliphatic rings. The van der Waals surface area contributed by atoms with Gasteiger partial charge in [-0.3, -0.25) is 0 Å². The number of ether oxygens (including phenoxy) is 1. The third kappa shape index (κ3) is 3.60. The van der Waals surface area contributed by atoms with Gasteiger partial charge in [-0.15, -0.1) is 0 Å². The highest BCUT2D eigenvalue weighted by atomic mass is 16.5. The van der Waals surface area contributed by atoms with Crippen LogP contribution in [0, 0.1) is 0 Å². The number of anilines is 1. The lowest BCUT2D eigenvalue weighted by Gasteiger charge is -2.08. The number of hydrogen-bond acceptors (Lipinski definition) is 5. The molecule has 0 aliphatic heterocycles. The van der Waals surface area contributed by atoms with E-state index in [1.165, 1.54) is 18.2 Å². The molecule has 0 aliphatic carbocycles. The fourth-order valence-electron chi connectivity index (χ4n) is 1.75. The van der Waals surface area contributed by atoms with Crippen molar-refractivity contribution < 1.29 is 19.6 Å². The van der Waals surface area contributed by atoms with Crippen molar-refractivity contribution in [2.24, 2.45) is 0 Å². The first-order chi connectivity index (χ1) is 9.56. The lowest BCUT2D eigenvalue weighted by atomic mass is 9.79. The summed E-state index contributed by atoms with van der Waals surface area (Å²) in [5.74, 6) is -0.567. The van der Waals surface area contributed by atoms with Crippen LogP contribution in [0.1, 0.15) is 15.9 Å². The standard InChI is InChI=1S/C14H14BNO4/c16-13-7-11(6-12(8-13)15(18)19)14(17)20-9-10-4-2-1-3-5-10/h1-8,18-19H,9,16H2. The van der Waals surface area contributed by atoms with E-state index >= 15 is 0 Å². The molecule has 0 radical (unpaired) electrons. The maximum absolute atomic E-state index is 11.9. The minimum atomic E-state index is -1.68. The first-order valence-corrected chi connectivity index (χ1v) is 6.04. The number of esters is 1. The summed E-state index contributed by atoms with van der Waals surface area (Å²) in [5.41, 5.74) is 7.08. The predicted octanol–water partition coefficient (Wildman–Crippen LogP) is 0.306. The highest BCUT2D eigenvalue weighted by Gasteiger charge is 2.16. The molecule has 0 spiro atoms. The largest absolute Gasteiger partial charge is 0.488 e. The Morgan fingerprint density at radius 2 is 1.85 bits per heavy atom. The van der Waals surface area contributed by atoms with Crippen LogP contribution in [0.2, 0.25) is 0 Å². The molecular formula is C14H14BNO4. The quantitative estimate of drug-likeness (QED) is 0.422. The van der Waals surface area contributed by atoms with Crippen molar-refractivity contribution >= 4 is 24.2 Å². The Balaban J connectivity index is 2.09.